The molecular formula is C22H19Br2NO5S2. The van der Waals surface area contributed by atoms with E-state index in [0.29, 0.717) is 38.4 Å². The molecule has 2 aromatic carbocycles. The van der Waals surface area contributed by atoms with E-state index in [1.54, 1.807) is 12.1 Å². The third-order valence-corrected chi connectivity index (χ3v) is 6.84. The van der Waals surface area contributed by atoms with Crippen molar-refractivity contribution >= 4 is 78.1 Å². The molecule has 2 aromatic rings. The van der Waals surface area contributed by atoms with Crippen LogP contribution in [0.25, 0.3) is 6.08 Å². The van der Waals surface area contributed by atoms with Gasteiger partial charge in [0, 0.05) is 11.0 Å². The average Bonchev–Trinajstić information content (AvgIpc) is 3.00. The highest BCUT2D eigenvalue weighted by molar-refractivity contribution is 9.10. The molecule has 1 saturated heterocycles. The van der Waals surface area contributed by atoms with Crippen LogP contribution in [0.3, 0.4) is 0 Å². The first kappa shape index (κ1) is 24.8. The lowest BCUT2D eigenvalue weighted by molar-refractivity contribution is -0.137. The van der Waals surface area contributed by atoms with Crippen LogP contribution in [-0.4, -0.2) is 39.4 Å². The highest BCUT2D eigenvalue weighted by Gasteiger charge is 2.32. The quantitative estimate of drug-likeness (QED) is 0.285. The topological polar surface area (TPSA) is 76.1 Å². The van der Waals surface area contributed by atoms with Crippen molar-refractivity contribution in [2.45, 2.75) is 20.0 Å². The van der Waals surface area contributed by atoms with Crippen molar-refractivity contribution in [1.82, 2.24) is 4.90 Å². The number of nitrogens with zero attached hydrogens (tertiary/aromatic N) is 1. The fourth-order valence-corrected chi connectivity index (χ4v) is 5.01. The lowest BCUT2D eigenvalue weighted by Crippen LogP contribution is -2.30. The van der Waals surface area contributed by atoms with E-state index in [9.17, 15) is 9.59 Å². The van der Waals surface area contributed by atoms with Crippen LogP contribution in [0.1, 0.15) is 24.5 Å². The Kier molecular flexibility index (Phi) is 8.75. The van der Waals surface area contributed by atoms with Gasteiger partial charge in [0.15, 0.2) is 11.5 Å². The molecule has 3 rings (SSSR count). The number of carboxylic acids is 1. The van der Waals surface area contributed by atoms with Crippen LogP contribution in [0.15, 0.2) is 50.2 Å². The second-order valence-electron chi connectivity index (χ2n) is 6.66. The number of ether oxygens (including phenoxy) is 2. The number of thiocarbonyl (C=S) groups is 1. The number of carbonyl (C=O) groups excluding carboxylic acids is 1. The molecule has 0 saturated carbocycles. The molecule has 0 radical (unpaired) electrons. The SMILES string of the molecule is CCOc1cc(/C=C2/SC(=S)N(CCC(=O)O)C2=O)cc(Br)c1OCc1ccc(Br)cc1. The summed E-state index contributed by atoms with van der Waals surface area (Å²) in [5, 5.41) is 8.88. The molecule has 0 spiro atoms. The summed E-state index contributed by atoms with van der Waals surface area (Å²) >= 11 is 13.4. The summed E-state index contributed by atoms with van der Waals surface area (Å²) in [6.45, 7) is 2.75. The van der Waals surface area contributed by atoms with Crippen LogP contribution in [0.5, 0.6) is 11.5 Å². The first-order valence-electron chi connectivity index (χ1n) is 9.59. The summed E-state index contributed by atoms with van der Waals surface area (Å²) < 4.78 is 13.8. The van der Waals surface area contributed by atoms with Gasteiger partial charge in [-0.3, -0.25) is 14.5 Å². The zero-order valence-corrected chi connectivity index (χ0v) is 21.8. The van der Waals surface area contributed by atoms with Crippen LogP contribution < -0.4 is 9.47 Å². The molecule has 32 heavy (non-hydrogen) atoms. The number of thioether (sulfide) groups is 1. The van der Waals surface area contributed by atoms with Crippen molar-refractivity contribution < 1.29 is 24.2 Å². The van der Waals surface area contributed by atoms with E-state index in [0.717, 1.165) is 27.4 Å². The number of halogens is 2. The predicted octanol–water partition coefficient (Wildman–Crippen LogP) is 5.87. The Morgan fingerprint density at radius 1 is 1.22 bits per heavy atom. The summed E-state index contributed by atoms with van der Waals surface area (Å²) in [4.78, 5) is 25.2. The maximum absolute atomic E-state index is 12.7. The molecule has 0 atom stereocenters. The van der Waals surface area contributed by atoms with Gasteiger partial charge in [0.1, 0.15) is 10.9 Å². The highest BCUT2D eigenvalue weighted by Crippen LogP contribution is 2.39. The molecule has 1 aliphatic heterocycles. The number of amides is 1. The van der Waals surface area contributed by atoms with Gasteiger partial charge in [0.2, 0.25) is 0 Å². The molecule has 0 aromatic heterocycles. The predicted molar refractivity (Wildman–Crippen MR) is 136 cm³/mol. The average molecular weight is 601 g/mol. The Morgan fingerprint density at radius 2 is 1.94 bits per heavy atom. The van der Waals surface area contributed by atoms with Crippen molar-refractivity contribution in [3.8, 4) is 11.5 Å². The van der Waals surface area contributed by atoms with E-state index in [1.165, 1.54) is 4.90 Å². The van der Waals surface area contributed by atoms with Crippen LogP contribution in [0.2, 0.25) is 0 Å². The Labute approximate surface area is 212 Å². The summed E-state index contributed by atoms with van der Waals surface area (Å²) in [6, 6.07) is 11.5. The Balaban J connectivity index is 1.82. The van der Waals surface area contributed by atoms with Crippen molar-refractivity contribution in [2.75, 3.05) is 13.2 Å². The van der Waals surface area contributed by atoms with Crippen molar-refractivity contribution in [1.29, 1.82) is 0 Å². The first-order chi connectivity index (χ1) is 15.3. The molecule has 0 unspecified atom stereocenters. The van der Waals surface area contributed by atoms with Crippen molar-refractivity contribution in [2.24, 2.45) is 0 Å². The number of rotatable bonds is 9. The number of hydrogen-bond acceptors (Lipinski definition) is 6. The van der Waals surface area contributed by atoms with Gasteiger partial charge in [0.05, 0.1) is 22.4 Å². The maximum atomic E-state index is 12.7. The number of benzene rings is 2. The van der Waals surface area contributed by atoms with Gasteiger partial charge in [-0.1, -0.05) is 52.0 Å². The smallest absolute Gasteiger partial charge is 0.305 e. The van der Waals surface area contributed by atoms with E-state index in [-0.39, 0.29) is 18.9 Å². The monoisotopic (exact) mass is 599 g/mol. The number of carbonyl (C=O) groups is 2. The maximum Gasteiger partial charge on any atom is 0.305 e. The minimum atomic E-state index is -0.980. The minimum Gasteiger partial charge on any atom is -0.490 e. The molecule has 168 valence electrons. The molecule has 1 heterocycles. The third kappa shape index (κ3) is 6.34. The number of aliphatic carboxylic acids is 1. The van der Waals surface area contributed by atoms with Crippen molar-refractivity contribution in [3.63, 3.8) is 0 Å². The number of hydrogen-bond donors (Lipinski definition) is 1. The van der Waals surface area contributed by atoms with E-state index in [1.807, 2.05) is 37.3 Å². The molecule has 1 aliphatic rings. The van der Waals surface area contributed by atoms with E-state index in [2.05, 4.69) is 31.9 Å². The number of carboxylic acid groups (broad SMARTS) is 1. The van der Waals surface area contributed by atoms with Gasteiger partial charge in [0.25, 0.3) is 5.91 Å². The standard InChI is InChI=1S/C22H19Br2NO5S2/c1-2-29-17-10-14(11-18-21(28)25(22(31)32-18)8-7-19(26)27)9-16(24)20(17)30-12-13-3-5-15(23)6-4-13/h3-6,9-11H,2,7-8,12H2,1H3,(H,26,27)/b18-11+. The van der Waals surface area contributed by atoms with E-state index in [4.69, 9.17) is 26.8 Å². The normalized spacial score (nSPS) is 14.8. The van der Waals surface area contributed by atoms with Crippen LogP contribution in [0.4, 0.5) is 0 Å². The van der Waals surface area contributed by atoms with Gasteiger partial charge in [-0.25, -0.2) is 0 Å². The Hall–Kier alpha value is -1.88. The van der Waals surface area contributed by atoms with E-state index >= 15 is 0 Å². The van der Waals surface area contributed by atoms with Crippen molar-refractivity contribution in [3.05, 3.63) is 61.4 Å². The van der Waals surface area contributed by atoms with Crippen LogP contribution >= 0.6 is 55.8 Å². The zero-order valence-electron chi connectivity index (χ0n) is 17.0. The minimum absolute atomic E-state index is 0.0497. The largest absolute Gasteiger partial charge is 0.490 e. The molecule has 6 nitrogen and oxygen atoms in total. The zero-order chi connectivity index (χ0) is 23.3. The lowest BCUT2D eigenvalue weighted by atomic mass is 10.1. The molecule has 10 heteroatoms. The lowest BCUT2D eigenvalue weighted by Gasteiger charge is -2.15. The summed E-state index contributed by atoms with van der Waals surface area (Å²) in [5.74, 6) is -0.162. The summed E-state index contributed by atoms with van der Waals surface area (Å²) in [5.41, 5.74) is 1.74. The molecule has 1 fully saturated rings. The Bertz CT molecular complexity index is 1070. The second-order valence-corrected chi connectivity index (χ2v) is 10.1. The first-order valence-corrected chi connectivity index (χ1v) is 12.4. The second kappa shape index (κ2) is 11.3. The highest BCUT2D eigenvalue weighted by atomic mass is 79.9. The van der Waals surface area contributed by atoms with E-state index < -0.39 is 5.97 Å². The molecule has 1 N–H and O–H groups in total. The molecule has 1 amide bonds. The summed E-state index contributed by atoms with van der Waals surface area (Å²) in [6.07, 6.45) is 1.55. The van der Waals surface area contributed by atoms with Crippen LogP contribution in [-0.2, 0) is 16.2 Å². The van der Waals surface area contributed by atoms with Gasteiger partial charge in [-0.05, 0) is 64.3 Å². The summed E-state index contributed by atoms with van der Waals surface area (Å²) in [7, 11) is 0. The van der Waals surface area contributed by atoms with Gasteiger partial charge < -0.3 is 14.6 Å². The fourth-order valence-electron chi connectivity index (χ4n) is 2.86. The fraction of sp³-hybridized carbons (Fsp3) is 0.227. The van der Waals surface area contributed by atoms with Crippen LogP contribution in [0, 0.1) is 0 Å². The van der Waals surface area contributed by atoms with Gasteiger partial charge >= 0.3 is 5.97 Å². The third-order valence-electron chi connectivity index (χ3n) is 4.35. The molecular weight excluding hydrogens is 582 g/mol. The molecule has 0 bridgehead atoms. The van der Waals surface area contributed by atoms with Gasteiger partial charge in [-0.2, -0.15) is 0 Å². The van der Waals surface area contributed by atoms with Gasteiger partial charge in [-0.15, -0.1) is 0 Å². The molecule has 0 aliphatic carbocycles. The Morgan fingerprint density at radius 3 is 2.59 bits per heavy atom.